The van der Waals surface area contributed by atoms with Gasteiger partial charge in [-0.25, -0.2) is 19.0 Å². The average molecular weight is 659 g/mol. The lowest BCUT2D eigenvalue weighted by atomic mass is 9.95. The van der Waals surface area contributed by atoms with Crippen LogP contribution in [0.1, 0.15) is 89.3 Å². The van der Waals surface area contributed by atoms with Gasteiger partial charge in [0, 0.05) is 25.6 Å². The van der Waals surface area contributed by atoms with Crippen molar-refractivity contribution in [1.29, 1.82) is 0 Å². The highest BCUT2D eigenvalue weighted by Gasteiger charge is 2.33. The Bertz CT molecular complexity index is 1560. The number of nitrogens with zero attached hydrogens (tertiary/aromatic N) is 3. The molecule has 12 nitrogen and oxygen atoms in total. The zero-order valence-electron chi connectivity index (χ0n) is 27.5. The molecule has 250 valence electrons. The lowest BCUT2D eigenvalue weighted by Crippen LogP contribution is -2.45. The summed E-state index contributed by atoms with van der Waals surface area (Å²) in [4.78, 5) is 43.4. The van der Waals surface area contributed by atoms with Crippen molar-refractivity contribution in [3.8, 4) is 10.6 Å². The number of rotatable bonds is 7. The predicted molar refractivity (Wildman–Crippen MR) is 174 cm³/mol. The minimum atomic E-state index is -0.780. The number of hydrogen-bond donors (Lipinski definition) is 3. The zero-order chi connectivity index (χ0) is 33.8. The third kappa shape index (κ3) is 9.03. The largest absolute Gasteiger partial charge is 0.444 e. The fourth-order valence-electron chi connectivity index (χ4n) is 5.37. The minimum absolute atomic E-state index is 0.0188. The average Bonchev–Trinajstić information content (AvgIpc) is 3.44. The van der Waals surface area contributed by atoms with Crippen molar-refractivity contribution < 1.29 is 33.0 Å². The molecule has 1 saturated carbocycles. The van der Waals surface area contributed by atoms with Crippen LogP contribution < -0.4 is 16.0 Å². The Morgan fingerprint density at radius 3 is 2.26 bits per heavy atom. The van der Waals surface area contributed by atoms with Crippen LogP contribution in [0, 0.1) is 5.82 Å². The first kappa shape index (κ1) is 34.8. The van der Waals surface area contributed by atoms with E-state index in [0.717, 1.165) is 17.0 Å². The highest BCUT2D eigenvalue weighted by Crippen LogP contribution is 2.38. The van der Waals surface area contributed by atoms with Gasteiger partial charge in [-0.3, -0.25) is 14.8 Å². The van der Waals surface area contributed by atoms with Crippen LogP contribution in [0.2, 0.25) is 0 Å². The van der Waals surface area contributed by atoms with E-state index in [-0.39, 0.29) is 39.3 Å². The molecule has 3 aromatic rings. The summed E-state index contributed by atoms with van der Waals surface area (Å²) < 4.78 is 33.0. The molecule has 46 heavy (non-hydrogen) atoms. The number of aromatic nitrogens is 3. The van der Waals surface area contributed by atoms with E-state index in [2.05, 4.69) is 26.0 Å². The standard InChI is InChI=1S/C32H43FN6O6S/c1-31(2,3)44-29(41)36-21-15-13-18(14-16-23(21)43-8)25-22(17-34-39(25)7)35-26(40)24-28(38-30(42)45-32(4,5)6)46-27(37-24)19-11-9-10-12-20(19)33/h9-12,17-18,21,23H,13-16H2,1-8H3,(H,35,40)(H,36,41)(H,38,42)/t18?,21-,23+/m1/s1. The summed E-state index contributed by atoms with van der Waals surface area (Å²) in [5.41, 5.74) is -0.0245. The minimum Gasteiger partial charge on any atom is -0.444 e. The summed E-state index contributed by atoms with van der Waals surface area (Å²) in [5.74, 6) is -1.13. The number of methoxy groups -OCH3 is 1. The fraction of sp³-hybridized carbons (Fsp3) is 0.531. The summed E-state index contributed by atoms with van der Waals surface area (Å²) >= 11 is 0.968. The van der Waals surface area contributed by atoms with E-state index in [0.29, 0.717) is 31.4 Å². The molecule has 1 aliphatic carbocycles. The number of hydrogen-bond acceptors (Lipinski definition) is 9. The Morgan fingerprint density at radius 2 is 1.61 bits per heavy atom. The first-order valence-corrected chi connectivity index (χ1v) is 16.0. The van der Waals surface area contributed by atoms with Crippen molar-refractivity contribution in [2.45, 2.75) is 96.5 Å². The maximum Gasteiger partial charge on any atom is 0.412 e. The Balaban J connectivity index is 1.58. The topological polar surface area (TPSA) is 146 Å². The molecule has 3 atom stereocenters. The number of thiazole rings is 1. The molecule has 2 heterocycles. The highest BCUT2D eigenvalue weighted by atomic mass is 32.1. The Morgan fingerprint density at radius 1 is 0.957 bits per heavy atom. The third-order valence-corrected chi connectivity index (χ3v) is 8.26. The number of carbonyl (C=O) groups is 3. The lowest BCUT2D eigenvalue weighted by Gasteiger charge is -2.27. The first-order chi connectivity index (χ1) is 21.5. The van der Waals surface area contributed by atoms with Gasteiger partial charge in [0.05, 0.1) is 29.7 Å². The molecule has 0 bridgehead atoms. The van der Waals surface area contributed by atoms with Crippen LogP contribution in [-0.2, 0) is 21.3 Å². The Hall–Kier alpha value is -4.04. The van der Waals surface area contributed by atoms with Gasteiger partial charge in [-0.2, -0.15) is 5.10 Å². The van der Waals surface area contributed by atoms with Gasteiger partial charge in [-0.15, -0.1) is 0 Å². The lowest BCUT2D eigenvalue weighted by molar-refractivity contribution is 0.0316. The Labute approximate surface area is 272 Å². The van der Waals surface area contributed by atoms with Crippen molar-refractivity contribution in [2.75, 3.05) is 17.7 Å². The van der Waals surface area contributed by atoms with Crippen molar-refractivity contribution in [2.24, 2.45) is 7.05 Å². The van der Waals surface area contributed by atoms with Gasteiger partial charge in [0.2, 0.25) is 0 Å². The molecule has 4 rings (SSSR count). The van der Waals surface area contributed by atoms with Crippen LogP contribution in [0.15, 0.2) is 30.5 Å². The van der Waals surface area contributed by atoms with Crippen LogP contribution >= 0.6 is 11.3 Å². The predicted octanol–water partition coefficient (Wildman–Crippen LogP) is 6.85. The van der Waals surface area contributed by atoms with Crippen LogP contribution in [0.5, 0.6) is 0 Å². The van der Waals surface area contributed by atoms with E-state index in [9.17, 15) is 18.8 Å². The van der Waals surface area contributed by atoms with Crippen LogP contribution in [-0.4, -0.2) is 63.3 Å². The molecule has 3 N–H and O–H groups in total. The molecule has 0 radical (unpaired) electrons. The second-order valence-corrected chi connectivity index (χ2v) is 14.2. The maximum absolute atomic E-state index is 14.7. The molecule has 1 aromatic carbocycles. The Kier molecular flexibility index (Phi) is 10.7. The molecular weight excluding hydrogens is 615 g/mol. The normalized spacial score (nSPS) is 18.8. The van der Waals surface area contributed by atoms with Crippen molar-refractivity contribution in [1.82, 2.24) is 20.1 Å². The van der Waals surface area contributed by atoms with Crippen molar-refractivity contribution >= 4 is 40.1 Å². The molecule has 0 saturated heterocycles. The number of aryl methyl sites for hydroxylation is 1. The summed E-state index contributed by atoms with van der Waals surface area (Å²) in [6.45, 7) is 10.6. The van der Waals surface area contributed by atoms with E-state index in [1.165, 1.54) is 6.07 Å². The van der Waals surface area contributed by atoms with Gasteiger partial charge in [0.1, 0.15) is 27.0 Å². The smallest absolute Gasteiger partial charge is 0.412 e. The molecule has 3 amide bonds. The molecule has 2 aromatic heterocycles. The summed E-state index contributed by atoms with van der Waals surface area (Å²) in [5, 5.41) is 13.2. The molecular formula is C32H43FN6O6S. The maximum atomic E-state index is 14.7. The van der Waals surface area contributed by atoms with Crippen molar-refractivity contribution in [3.05, 3.63) is 47.7 Å². The van der Waals surface area contributed by atoms with Crippen LogP contribution in [0.25, 0.3) is 10.6 Å². The quantitative estimate of drug-likeness (QED) is 0.234. The number of ether oxygens (including phenoxy) is 3. The second kappa shape index (κ2) is 14.2. The molecule has 0 aliphatic heterocycles. The van der Waals surface area contributed by atoms with E-state index in [1.807, 2.05) is 20.8 Å². The highest BCUT2D eigenvalue weighted by molar-refractivity contribution is 7.19. The number of benzene rings is 1. The monoisotopic (exact) mass is 658 g/mol. The van der Waals surface area contributed by atoms with E-state index in [4.69, 9.17) is 14.2 Å². The number of carbonyl (C=O) groups excluding carboxylic acids is 3. The van der Waals surface area contributed by atoms with Crippen LogP contribution in [0.4, 0.5) is 24.7 Å². The van der Waals surface area contributed by atoms with E-state index in [1.54, 1.807) is 64.0 Å². The fourth-order valence-corrected chi connectivity index (χ4v) is 6.35. The summed E-state index contributed by atoms with van der Waals surface area (Å²) in [6.07, 6.45) is 2.74. The van der Waals surface area contributed by atoms with Gasteiger partial charge in [-0.05, 0) is 79.4 Å². The number of alkyl carbamates (subject to hydrolysis) is 1. The SMILES string of the molecule is CO[C@H]1CCC(c2c(NC(=O)c3nc(-c4ccccc4F)sc3NC(=O)OC(C)(C)C)cnn2C)CC[C@H]1NC(=O)OC(C)(C)C. The van der Waals surface area contributed by atoms with Gasteiger partial charge < -0.3 is 24.8 Å². The number of anilines is 2. The first-order valence-electron chi connectivity index (χ1n) is 15.2. The summed E-state index contributed by atoms with van der Waals surface area (Å²) in [7, 11) is 3.42. The van der Waals surface area contributed by atoms with Gasteiger partial charge in [-0.1, -0.05) is 23.5 Å². The third-order valence-electron chi connectivity index (χ3n) is 7.26. The van der Waals surface area contributed by atoms with Crippen molar-refractivity contribution in [3.63, 3.8) is 0 Å². The number of nitrogens with one attached hydrogen (secondary N) is 3. The molecule has 1 aliphatic rings. The van der Waals surface area contributed by atoms with Gasteiger partial charge in [0.15, 0.2) is 5.69 Å². The van der Waals surface area contributed by atoms with Gasteiger partial charge in [0.25, 0.3) is 5.91 Å². The molecule has 1 fully saturated rings. The van der Waals surface area contributed by atoms with E-state index < -0.39 is 35.1 Å². The van der Waals surface area contributed by atoms with Gasteiger partial charge >= 0.3 is 12.2 Å². The van der Waals surface area contributed by atoms with E-state index >= 15 is 0 Å². The number of halogens is 1. The van der Waals surface area contributed by atoms with Crippen LogP contribution in [0.3, 0.4) is 0 Å². The number of amides is 3. The zero-order valence-corrected chi connectivity index (χ0v) is 28.3. The molecule has 1 unspecified atom stereocenters. The second-order valence-electron chi connectivity index (χ2n) is 13.2. The summed E-state index contributed by atoms with van der Waals surface area (Å²) in [6, 6.07) is 5.81. The molecule has 0 spiro atoms. The molecule has 14 heteroatoms.